The minimum absolute atomic E-state index is 0.0508. The van der Waals surface area contributed by atoms with Crippen LogP contribution >= 0.6 is 7.82 Å². The molecular formula is C79H142NO8P. The summed E-state index contributed by atoms with van der Waals surface area (Å²) in [6.45, 7) is 3.67. The number of hydrogen-bond donors (Lipinski definition) is 2. The first-order chi connectivity index (χ1) is 43.8. The van der Waals surface area contributed by atoms with Gasteiger partial charge in [0.2, 0.25) is 0 Å². The minimum Gasteiger partial charge on any atom is -0.462 e. The van der Waals surface area contributed by atoms with Crippen LogP contribution in [-0.2, 0) is 32.7 Å². The molecule has 0 bridgehead atoms. The molecule has 2 atom stereocenters. The molecule has 0 aliphatic heterocycles. The highest BCUT2D eigenvalue weighted by Gasteiger charge is 2.26. The number of phosphoric acid groups is 1. The molecule has 516 valence electrons. The lowest BCUT2D eigenvalue weighted by atomic mass is 10.0. The fraction of sp³-hybridized carbons (Fsp3) is 0.772. The van der Waals surface area contributed by atoms with Crippen LogP contribution in [0, 0.1) is 0 Å². The molecule has 9 nitrogen and oxygen atoms in total. The number of esters is 2. The Bertz CT molecular complexity index is 1780. The van der Waals surface area contributed by atoms with Gasteiger partial charge in [-0.3, -0.25) is 18.6 Å². The predicted octanol–water partition coefficient (Wildman–Crippen LogP) is 25.1. The molecule has 0 fully saturated rings. The van der Waals surface area contributed by atoms with E-state index in [4.69, 9.17) is 24.3 Å². The van der Waals surface area contributed by atoms with Gasteiger partial charge in [0.15, 0.2) is 6.10 Å². The van der Waals surface area contributed by atoms with E-state index in [9.17, 15) is 19.0 Å². The minimum atomic E-state index is -4.40. The van der Waals surface area contributed by atoms with Crippen molar-refractivity contribution in [1.29, 1.82) is 0 Å². The normalized spacial score (nSPS) is 13.4. The molecule has 0 saturated heterocycles. The Labute approximate surface area is 550 Å². The average Bonchev–Trinajstić information content (AvgIpc) is 3.58. The lowest BCUT2D eigenvalue weighted by Crippen LogP contribution is -2.29. The number of hydrogen-bond acceptors (Lipinski definition) is 8. The van der Waals surface area contributed by atoms with E-state index >= 15 is 0 Å². The standard InChI is InChI=1S/C79H142NO8P/c1-3-5-7-9-11-13-15-17-19-21-23-25-27-29-31-33-35-37-38-40-41-43-45-47-49-51-53-55-57-59-61-63-65-67-69-71-78(81)85-75-77(76-87-89(83,84)86-74-73-80)88-79(82)72-70-68-66-64-62-60-58-56-54-52-50-48-46-44-42-39-36-34-32-30-28-26-24-22-20-18-16-14-12-10-8-6-4-2/h6,8,12,14,18,20-21,23-24,26,30,32,36,39,44,46,77H,3-5,7,9-11,13,15-17,19,22,25,27-29,31,33-35,37-38,40-43,45,47-76,80H2,1-2H3,(H,83,84)/b8-6-,14-12-,20-18-,23-21-,26-24-,32-30-,39-36-,46-44-. The average molecular weight is 1260 g/mol. The van der Waals surface area contributed by atoms with Gasteiger partial charge in [0.05, 0.1) is 13.2 Å². The zero-order chi connectivity index (χ0) is 64.4. The van der Waals surface area contributed by atoms with Crippen molar-refractivity contribution >= 4 is 19.8 Å². The number of carbonyl (C=O) groups is 2. The number of phosphoric ester groups is 1. The van der Waals surface area contributed by atoms with Gasteiger partial charge in [-0.1, -0.05) is 349 Å². The number of nitrogens with two attached hydrogens (primary N) is 1. The Kier molecular flexibility index (Phi) is 71.4. The second kappa shape index (κ2) is 74.0. The molecule has 0 aliphatic rings. The first-order valence-electron chi connectivity index (χ1n) is 37.7. The van der Waals surface area contributed by atoms with Gasteiger partial charge in [0.25, 0.3) is 0 Å². The summed E-state index contributed by atoms with van der Waals surface area (Å²) in [4.78, 5) is 35.4. The van der Waals surface area contributed by atoms with E-state index < -0.39 is 26.5 Å². The highest BCUT2D eigenvalue weighted by Crippen LogP contribution is 2.43. The lowest BCUT2D eigenvalue weighted by molar-refractivity contribution is -0.161. The third-order valence-electron chi connectivity index (χ3n) is 16.5. The van der Waals surface area contributed by atoms with Crippen molar-refractivity contribution in [2.24, 2.45) is 5.73 Å². The second-order valence-electron chi connectivity index (χ2n) is 25.1. The number of allylic oxidation sites excluding steroid dienone is 16. The van der Waals surface area contributed by atoms with Crippen molar-refractivity contribution in [1.82, 2.24) is 0 Å². The first kappa shape index (κ1) is 85.9. The van der Waals surface area contributed by atoms with Gasteiger partial charge < -0.3 is 20.1 Å². The molecule has 0 heterocycles. The van der Waals surface area contributed by atoms with Crippen molar-refractivity contribution in [2.45, 2.75) is 367 Å². The quantitative estimate of drug-likeness (QED) is 0.0264. The van der Waals surface area contributed by atoms with Gasteiger partial charge in [-0.05, 0) is 96.3 Å². The van der Waals surface area contributed by atoms with E-state index in [1.165, 1.54) is 238 Å². The fourth-order valence-corrected chi connectivity index (χ4v) is 11.7. The summed E-state index contributed by atoms with van der Waals surface area (Å²) in [7, 11) is -4.40. The Morgan fingerprint density at radius 2 is 0.618 bits per heavy atom. The molecule has 0 amide bonds. The van der Waals surface area contributed by atoms with Crippen LogP contribution in [0.2, 0.25) is 0 Å². The van der Waals surface area contributed by atoms with Crippen molar-refractivity contribution in [2.75, 3.05) is 26.4 Å². The lowest BCUT2D eigenvalue weighted by Gasteiger charge is -2.19. The summed E-state index contributed by atoms with van der Waals surface area (Å²) in [6.07, 6.45) is 101. The monoisotopic (exact) mass is 1260 g/mol. The Balaban J connectivity index is 3.84. The largest absolute Gasteiger partial charge is 0.472 e. The van der Waals surface area contributed by atoms with Gasteiger partial charge in [0, 0.05) is 19.4 Å². The number of carbonyl (C=O) groups excluding carboxylic acids is 2. The summed E-state index contributed by atoms with van der Waals surface area (Å²) < 4.78 is 33.2. The zero-order valence-corrected chi connectivity index (χ0v) is 59.1. The molecule has 10 heteroatoms. The Morgan fingerprint density at radius 1 is 0.348 bits per heavy atom. The molecule has 0 aromatic rings. The molecule has 3 N–H and O–H groups in total. The molecule has 0 aromatic heterocycles. The van der Waals surface area contributed by atoms with Crippen LogP contribution in [0.4, 0.5) is 0 Å². The summed E-state index contributed by atoms with van der Waals surface area (Å²) in [6, 6.07) is 0. The summed E-state index contributed by atoms with van der Waals surface area (Å²) in [5.41, 5.74) is 5.41. The number of ether oxygens (including phenoxy) is 2. The van der Waals surface area contributed by atoms with Gasteiger partial charge >= 0.3 is 19.8 Å². The Morgan fingerprint density at radius 3 is 0.933 bits per heavy atom. The van der Waals surface area contributed by atoms with Crippen LogP contribution in [0.15, 0.2) is 97.2 Å². The molecular weight excluding hydrogens is 1120 g/mol. The van der Waals surface area contributed by atoms with E-state index in [-0.39, 0.29) is 38.6 Å². The van der Waals surface area contributed by atoms with E-state index in [0.29, 0.717) is 6.42 Å². The molecule has 0 aromatic carbocycles. The molecule has 2 unspecified atom stereocenters. The fourth-order valence-electron chi connectivity index (χ4n) is 10.9. The SMILES string of the molecule is CC/C=C\C/C=C\C/C=C\C/C=C\C/C=C\C/C=C\C/C=C\CCCCCCCCCCCCCC(=O)OC(COC(=O)CCCCCCCCCCCCCCCCCCCCCCCCC/C=C\CCCCCCCCCC)COP(=O)(O)OCCN. The topological polar surface area (TPSA) is 134 Å². The summed E-state index contributed by atoms with van der Waals surface area (Å²) in [5, 5.41) is 0. The van der Waals surface area contributed by atoms with Crippen LogP contribution < -0.4 is 5.73 Å². The van der Waals surface area contributed by atoms with Crippen molar-refractivity contribution in [3.63, 3.8) is 0 Å². The maximum absolute atomic E-state index is 12.8. The maximum atomic E-state index is 12.8. The van der Waals surface area contributed by atoms with Crippen LogP contribution in [0.1, 0.15) is 361 Å². The van der Waals surface area contributed by atoms with Crippen molar-refractivity contribution in [3.8, 4) is 0 Å². The van der Waals surface area contributed by atoms with Gasteiger partial charge in [-0.25, -0.2) is 4.57 Å². The molecule has 0 rings (SSSR count). The molecule has 0 saturated carbocycles. The third kappa shape index (κ3) is 73.9. The highest BCUT2D eigenvalue weighted by molar-refractivity contribution is 7.47. The molecule has 89 heavy (non-hydrogen) atoms. The third-order valence-corrected chi connectivity index (χ3v) is 17.4. The molecule has 0 spiro atoms. The smallest absolute Gasteiger partial charge is 0.462 e. The second-order valence-corrected chi connectivity index (χ2v) is 26.6. The van der Waals surface area contributed by atoms with Gasteiger partial charge in [-0.15, -0.1) is 0 Å². The van der Waals surface area contributed by atoms with Crippen molar-refractivity contribution in [3.05, 3.63) is 97.2 Å². The van der Waals surface area contributed by atoms with Crippen molar-refractivity contribution < 1.29 is 37.6 Å². The maximum Gasteiger partial charge on any atom is 0.472 e. The zero-order valence-electron chi connectivity index (χ0n) is 58.2. The summed E-state index contributed by atoms with van der Waals surface area (Å²) >= 11 is 0. The Hall–Kier alpha value is -3.07. The predicted molar refractivity (Wildman–Crippen MR) is 385 cm³/mol. The van der Waals surface area contributed by atoms with Crippen LogP contribution in [0.5, 0.6) is 0 Å². The van der Waals surface area contributed by atoms with Gasteiger partial charge in [0.1, 0.15) is 6.61 Å². The molecule has 0 radical (unpaired) electrons. The van der Waals surface area contributed by atoms with E-state index in [1.807, 2.05) is 0 Å². The summed E-state index contributed by atoms with van der Waals surface area (Å²) in [5.74, 6) is -0.819. The first-order valence-corrected chi connectivity index (χ1v) is 39.2. The van der Waals surface area contributed by atoms with Crippen LogP contribution in [0.3, 0.4) is 0 Å². The van der Waals surface area contributed by atoms with E-state index in [1.54, 1.807) is 0 Å². The van der Waals surface area contributed by atoms with Crippen LogP contribution in [-0.4, -0.2) is 49.3 Å². The van der Waals surface area contributed by atoms with Gasteiger partial charge in [-0.2, -0.15) is 0 Å². The number of unbranched alkanes of at least 4 members (excludes halogenated alkanes) is 42. The highest BCUT2D eigenvalue weighted by atomic mass is 31.2. The number of rotatable bonds is 71. The van der Waals surface area contributed by atoms with Crippen LogP contribution in [0.25, 0.3) is 0 Å². The van der Waals surface area contributed by atoms with E-state index in [0.717, 1.165) is 89.9 Å². The molecule has 0 aliphatic carbocycles. The van der Waals surface area contributed by atoms with E-state index in [2.05, 4.69) is 111 Å².